The van der Waals surface area contributed by atoms with Crippen LogP contribution in [0.4, 0.5) is 10.9 Å². The number of ether oxygens (including phenoxy) is 2. The number of rotatable bonds is 10. The summed E-state index contributed by atoms with van der Waals surface area (Å²) in [6, 6.07) is 3.82. The number of benzene rings is 1. The van der Waals surface area contributed by atoms with Crippen molar-refractivity contribution in [2.45, 2.75) is 38.3 Å². The topological polar surface area (TPSA) is 130 Å². The van der Waals surface area contributed by atoms with Crippen LogP contribution in [0.1, 0.15) is 41.0 Å². The summed E-state index contributed by atoms with van der Waals surface area (Å²) in [5.74, 6) is -0.544. The van der Waals surface area contributed by atoms with E-state index in [1.165, 1.54) is 24.6 Å². The lowest BCUT2D eigenvalue weighted by Crippen LogP contribution is -2.36. The first-order chi connectivity index (χ1) is 20.3. The van der Waals surface area contributed by atoms with Gasteiger partial charge in [0.2, 0.25) is 0 Å². The Kier molecular flexibility index (Phi) is 9.79. The smallest absolute Gasteiger partial charge is 0.306 e. The number of carbonyl (C=O) groups is 2. The molecule has 1 amide bonds. The number of halogens is 2. The highest BCUT2D eigenvalue weighted by Crippen LogP contribution is 2.40. The number of likely N-dealkylation sites (tertiary alicyclic amines) is 1. The summed E-state index contributed by atoms with van der Waals surface area (Å²) in [4.78, 5) is 43.2. The Morgan fingerprint density at radius 1 is 1.10 bits per heavy atom. The van der Waals surface area contributed by atoms with Gasteiger partial charge in [0.1, 0.15) is 11.5 Å². The fraction of sp³-hybridized carbons (Fsp3) is 0.464. The molecule has 3 aromatic rings. The molecule has 11 nitrogen and oxygen atoms in total. The summed E-state index contributed by atoms with van der Waals surface area (Å²) in [6.07, 6.45) is 6.19. The van der Waals surface area contributed by atoms with Crippen LogP contribution < -0.4 is 15.0 Å². The molecule has 2 aliphatic heterocycles. The maximum Gasteiger partial charge on any atom is 0.306 e. The number of hydrogen-bond donors (Lipinski definition) is 2. The summed E-state index contributed by atoms with van der Waals surface area (Å²) in [5, 5.41) is 13.2. The van der Waals surface area contributed by atoms with E-state index in [9.17, 15) is 14.7 Å². The number of aromatic nitrogens is 3. The lowest BCUT2D eigenvalue weighted by atomic mass is 9.97. The minimum Gasteiger partial charge on any atom is -0.494 e. The van der Waals surface area contributed by atoms with E-state index in [4.69, 9.17) is 37.7 Å². The quantitative estimate of drug-likeness (QED) is 0.311. The molecule has 2 aromatic heterocycles. The van der Waals surface area contributed by atoms with Crippen molar-refractivity contribution in [3.63, 3.8) is 0 Å². The molecule has 42 heavy (non-hydrogen) atoms. The predicted molar refractivity (Wildman–Crippen MR) is 162 cm³/mol. The molecule has 0 spiro atoms. The zero-order chi connectivity index (χ0) is 29.8. The molecule has 1 aromatic carbocycles. The van der Waals surface area contributed by atoms with Gasteiger partial charge < -0.3 is 19.5 Å². The average Bonchev–Trinajstić information content (AvgIpc) is 3.59. The van der Waals surface area contributed by atoms with Crippen molar-refractivity contribution >= 4 is 57.4 Å². The Balaban J connectivity index is 1.35. The van der Waals surface area contributed by atoms with Crippen molar-refractivity contribution in [3.8, 4) is 17.0 Å². The minimum absolute atomic E-state index is 0.146. The zero-order valence-electron chi connectivity index (χ0n) is 23.3. The third-order valence-electron chi connectivity index (χ3n) is 7.64. The van der Waals surface area contributed by atoms with Gasteiger partial charge in [-0.1, -0.05) is 34.5 Å². The van der Waals surface area contributed by atoms with Crippen molar-refractivity contribution in [3.05, 3.63) is 45.1 Å². The molecule has 224 valence electrons. The lowest BCUT2D eigenvalue weighted by Gasteiger charge is -2.30. The van der Waals surface area contributed by atoms with Crippen molar-refractivity contribution in [2.24, 2.45) is 5.92 Å². The van der Waals surface area contributed by atoms with E-state index in [1.807, 2.05) is 4.90 Å². The second kappa shape index (κ2) is 13.5. The Morgan fingerprint density at radius 3 is 2.45 bits per heavy atom. The summed E-state index contributed by atoms with van der Waals surface area (Å²) >= 11 is 14.3. The molecule has 2 aliphatic rings. The van der Waals surface area contributed by atoms with Gasteiger partial charge in [0.15, 0.2) is 10.9 Å². The van der Waals surface area contributed by atoms with Crippen LogP contribution in [0.15, 0.2) is 24.5 Å². The maximum absolute atomic E-state index is 13.1. The second-order valence-corrected chi connectivity index (χ2v) is 12.2. The van der Waals surface area contributed by atoms with Gasteiger partial charge in [0, 0.05) is 43.2 Å². The number of carboxylic acid groups (broad SMARTS) is 1. The van der Waals surface area contributed by atoms with Gasteiger partial charge >= 0.3 is 5.97 Å². The van der Waals surface area contributed by atoms with Crippen LogP contribution in [0.5, 0.6) is 5.75 Å². The number of nitrogens with one attached hydrogen (secondary N) is 1. The number of aliphatic carboxylic acids is 1. The number of piperidine rings is 1. The standard InChI is InChI=1S/C28H32Cl2N6O5S/c1-40-15-18-4-3-7-36(18)14-22-24(17-10-19(29)25(41-2)20(30)11-17)33-28(42-22)34-26(37)21-12-32-23(13-31-21)35-8-5-16(6-9-35)27(38)39/h10-13,16,18H,3-9,14-15H2,1-2H3,(H,38,39)(H,33,34,37)/t18-/m0/s1. The van der Waals surface area contributed by atoms with Crippen LogP contribution in [0.25, 0.3) is 11.3 Å². The Morgan fingerprint density at radius 2 is 1.83 bits per heavy atom. The van der Waals surface area contributed by atoms with Gasteiger partial charge in [0.05, 0.1) is 47.8 Å². The van der Waals surface area contributed by atoms with E-state index in [0.29, 0.717) is 77.6 Å². The maximum atomic E-state index is 13.1. The number of thiazole rings is 1. The SMILES string of the molecule is COC[C@@H]1CCCN1Cc1sc(NC(=O)c2cnc(N3CCC(C(=O)O)CC3)cn2)nc1-c1cc(Cl)c(OC)c(Cl)c1. The fourth-order valence-corrected chi connectivity index (χ4v) is 7.06. The molecule has 5 rings (SSSR count). The van der Waals surface area contributed by atoms with Crippen LogP contribution in [0, 0.1) is 5.92 Å². The molecule has 2 fully saturated rings. The van der Waals surface area contributed by atoms with Gasteiger partial charge in [0.25, 0.3) is 5.91 Å². The number of hydrogen-bond acceptors (Lipinski definition) is 10. The first kappa shape index (κ1) is 30.4. The fourth-order valence-electron chi connectivity index (χ4n) is 5.42. The second-order valence-electron chi connectivity index (χ2n) is 10.3. The lowest BCUT2D eigenvalue weighted by molar-refractivity contribution is -0.142. The molecule has 14 heteroatoms. The van der Waals surface area contributed by atoms with Crippen molar-refractivity contribution in [1.29, 1.82) is 0 Å². The Hall–Kier alpha value is -3.03. The average molecular weight is 636 g/mol. The number of anilines is 2. The number of amides is 1. The monoisotopic (exact) mass is 634 g/mol. The van der Waals surface area contributed by atoms with Crippen molar-refractivity contribution in [1.82, 2.24) is 19.9 Å². The van der Waals surface area contributed by atoms with E-state index in [0.717, 1.165) is 29.8 Å². The highest BCUT2D eigenvalue weighted by Gasteiger charge is 2.28. The minimum atomic E-state index is -0.769. The summed E-state index contributed by atoms with van der Waals surface area (Å²) in [5.41, 5.74) is 1.54. The number of nitrogens with zero attached hydrogens (tertiary/aromatic N) is 5. The summed E-state index contributed by atoms with van der Waals surface area (Å²) in [6.45, 7) is 3.36. The van der Waals surface area contributed by atoms with Crippen LogP contribution in [-0.2, 0) is 16.1 Å². The van der Waals surface area contributed by atoms with Gasteiger partial charge in [-0.05, 0) is 44.4 Å². The molecule has 0 bridgehead atoms. The first-order valence-electron chi connectivity index (χ1n) is 13.6. The summed E-state index contributed by atoms with van der Waals surface area (Å²) < 4.78 is 10.7. The molecule has 0 unspecified atom stereocenters. The van der Waals surface area contributed by atoms with Crippen LogP contribution >= 0.6 is 34.5 Å². The van der Waals surface area contributed by atoms with Gasteiger partial charge in [-0.25, -0.2) is 15.0 Å². The molecule has 2 N–H and O–H groups in total. The Bertz CT molecular complexity index is 1410. The Labute approximate surface area is 257 Å². The molecule has 2 saturated heterocycles. The van der Waals surface area contributed by atoms with Gasteiger partial charge in [-0.15, -0.1) is 0 Å². The van der Waals surface area contributed by atoms with E-state index in [1.54, 1.807) is 25.4 Å². The third kappa shape index (κ3) is 6.78. The molecular formula is C28H32Cl2N6O5S. The van der Waals surface area contributed by atoms with Gasteiger partial charge in [-0.3, -0.25) is 19.8 Å². The summed E-state index contributed by atoms with van der Waals surface area (Å²) in [7, 11) is 3.22. The molecule has 1 atom stereocenters. The normalized spacial score (nSPS) is 17.9. The molecule has 4 heterocycles. The molecule has 0 aliphatic carbocycles. The van der Waals surface area contributed by atoms with Crippen molar-refractivity contribution < 1.29 is 24.2 Å². The first-order valence-corrected chi connectivity index (χ1v) is 15.2. The number of methoxy groups -OCH3 is 2. The molecule has 0 radical (unpaired) electrons. The number of carboxylic acids is 1. The number of carbonyl (C=O) groups excluding carboxylic acids is 1. The van der Waals surface area contributed by atoms with Gasteiger partial charge in [-0.2, -0.15) is 0 Å². The van der Waals surface area contributed by atoms with E-state index in [-0.39, 0.29) is 11.6 Å². The highest BCUT2D eigenvalue weighted by atomic mass is 35.5. The third-order valence-corrected chi connectivity index (χ3v) is 9.15. The van der Waals surface area contributed by atoms with E-state index in [2.05, 4.69) is 20.2 Å². The van der Waals surface area contributed by atoms with Crippen LogP contribution in [0.3, 0.4) is 0 Å². The van der Waals surface area contributed by atoms with Crippen LogP contribution in [0.2, 0.25) is 10.0 Å². The van der Waals surface area contributed by atoms with E-state index < -0.39 is 11.9 Å². The van der Waals surface area contributed by atoms with Crippen LogP contribution in [-0.4, -0.2) is 83.3 Å². The predicted octanol–water partition coefficient (Wildman–Crippen LogP) is 5.08. The highest BCUT2D eigenvalue weighted by molar-refractivity contribution is 7.16. The largest absolute Gasteiger partial charge is 0.494 e. The van der Waals surface area contributed by atoms with Crippen molar-refractivity contribution in [2.75, 3.05) is 50.7 Å². The van der Waals surface area contributed by atoms with E-state index >= 15 is 0 Å². The zero-order valence-corrected chi connectivity index (χ0v) is 25.6. The molecular weight excluding hydrogens is 603 g/mol. The molecule has 0 saturated carbocycles.